The predicted molar refractivity (Wildman–Crippen MR) is 239 cm³/mol. The van der Waals surface area contributed by atoms with E-state index in [0.717, 1.165) is 39.4 Å². The first kappa shape index (κ1) is 43.0. The van der Waals surface area contributed by atoms with Gasteiger partial charge < -0.3 is 14.5 Å². The molecule has 4 heterocycles. The molecule has 0 atom stereocenters. The quantitative estimate of drug-likeness (QED) is 0.127. The number of aryl methyl sites for hydroxylation is 1. The monoisotopic (exact) mass is 910 g/mol. The molecule has 4 aromatic carbocycles. The fourth-order valence-corrected chi connectivity index (χ4v) is 12.5. The number of piperazine rings is 2. The van der Waals surface area contributed by atoms with Gasteiger partial charge in [0.15, 0.2) is 10.3 Å². The molecule has 0 bridgehead atoms. The Balaban J connectivity index is 0.000000179. The molecule has 310 valence electrons. The summed E-state index contributed by atoms with van der Waals surface area (Å²) in [5.74, 6) is 0.852. The maximum absolute atomic E-state index is 12.9. The van der Waals surface area contributed by atoms with Crippen molar-refractivity contribution in [2.45, 2.75) is 29.6 Å². The minimum absolute atomic E-state index is 0.161. The van der Waals surface area contributed by atoms with Gasteiger partial charge in [-0.1, -0.05) is 89.9 Å². The molecule has 2 aliphatic rings. The number of sulfonamides is 2. The average Bonchev–Trinajstić information content (AvgIpc) is 3.93. The number of ether oxygens (including phenoxy) is 1. The number of thiazole rings is 2. The van der Waals surface area contributed by atoms with Crippen molar-refractivity contribution in [1.29, 1.82) is 0 Å². The van der Waals surface area contributed by atoms with Gasteiger partial charge in [-0.25, -0.2) is 26.8 Å². The predicted octanol–water partition coefficient (Wildman–Crippen LogP) is 8.11. The van der Waals surface area contributed by atoms with Crippen molar-refractivity contribution < 1.29 is 21.6 Å². The Morgan fingerprint density at radius 3 is 1.44 bits per heavy atom. The number of hydrogen-bond donors (Lipinski definition) is 0. The molecule has 0 radical (unpaired) electrons. The molecule has 59 heavy (non-hydrogen) atoms. The van der Waals surface area contributed by atoms with Gasteiger partial charge in [0.25, 0.3) is 0 Å². The third kappa shape index (κ3) is 10.1. The Morgan fingerprint density at radius 2 is 0.983 bits per heavy atom. The maximum atomic E-state index is 12.9. The minimum atomic E-state index is -3.60. The summed E-state index contributed by atoms with van der Waals surface area (Å²) in [5.41, 5.74) is 5.66. The van der Waals surface area contributed by atoms with Crippen LogP contribution in [-0.4, -0.2) is 94.9 Å². The zero-order chi connectivity index (χ0) is 41.6. The Kier molecular flexibility index (Phi) is 13.9. The van der Waals surface area contributed by atoms with Gasteiger partial charge in [-0.15, -0.1) is 22.7 Å². The van der Waals surface area contributed by atoms with E-state index in [9.17, 15) is 16.8 Å². The molecule has 8 rings (SSSR count). The van der Waals surface area contributed by atoms with Crippen LogP contribution in [0.1, 0.15) is 28.1 Å². The lowest BCUT2D eigenvalue weighted by atomic mass is 10.1. The molecule has 6 aromatic rings. The number of anilines is 2. The summed E-state index contributed by atoms with van der Waals surface area (Å²) < 4.78 is 60.1. The number of para-hydroxylation sites is 1. The molecule has 2 aliphatic heterocycles. The van der Waals surface area contributed by atoms with Crippen molar-refractivity contribution in [3.63, 3.8) is 0 Å². The van der Waals surface area contributed by atoms with Crippen LogP contribution in [0.2, 0.25) is 10.0 Å². The highest BCUT2D eigenvalue weighted by atomic mass is 35.5. The van der Waals surface area contributed by atoms with E-state index in [0.29, 0.717) is 58.8 Å². The van der Waals surface area contributed by atoms with Gasteiger partial charge in [0.2, 0.25) is 20.0 Å². The van der Waals surface area contributed by atoms with Crippen molar-refractivity contribution in [3.05, 3.63) is 146 Å². The molecule has 2 aromatic heterocycles. The zero-order valence-electron chi connectivity index (χ0n) is 32.6. The molecule has 0 N–H and O–H groups in total. The number of rotatable bonds is 11. The highest BCUT2D eigenvalue weighted by molar-refractivity contribution is 7.89. The molecule has 0 saturated carbocycles. The van der Waals surface area contributed by atoms with Crippen LogP contribution in [0.5, 0.6) is 5.75 Å². The van der Waals surface area contributed by atoms with Crippen molar-refractivity contribution in [1.82, 2.24) is 18.6 Å². The summed E-state index contributed by atoms with van der Waals surface area (Å²) in [7, 11) is -5.51. The summed E-state index contributed by atoms with van der Waals surface area (Å²) in [6.07, 6.45) is 1.51. The maximum Gasteiger partial charge on any atom is 0.244 e. The smallest absolute Gasteiger partial charge is 0.244 e. The third-order valence-corrected chi connectivity index (χ3v) is 16.9. The standard InChI is InChI=1S/C21H22ClN3O3S2.C21H22ClN3O2S2/c1-28-19-8-4-2-6-16(19)14-17-15-29-21(23-17)24-10-12-25(13-11-24)30(26,27)20-9-5-3-7-18(20)22;1-16-6-2-3-7-17(16)14-18-15-28-21(23-18)24-10-12-25(13-11-24)29(26,27)20-9-5-4-8-19(20)22/h2-9,15H,10-14H2,1H3;2-9,15H,10-14H2,1H3. The Morgan fingerprint density at radius 1 is 0.576 bits per heavy atom. The largest absolute Gasteiger partial charge is 0.496 e. The molecule has 0 spiro atoms. The van der Waals surface area contributed by atoms with E-state index in [1.165, 1.54) is 19.7 Å². The zero-order valence-corrected chi connectivity index (χ0v) is 37.4. The molecule has 0 unspecified atom stereocenters. The number of methoxy groups -OCH3 is 1. The fraction of sp³-hybridized carbons (Fsp3) is 0.286. The van der Waals surface area contributed by atoms with E-state index < -0.39 is 20.0 Å². The van der Waals surface area contributed by atoms with Gasteiger partial charge in [-0.2, -0.15) is 8.61 Å². The molecule has 2 fully saturated rings. The number of hydrogen-bond acceptors (Lipinski definition) is 11. The number of halogens is 2. The molecular weight excluding hydrogens is 868 g/mol. The van der Waals surface area contributed by atoms with Crippen LogP contribution in [0.15, 0.2) is 118 Å². The summed E-state index contributed by atoms with van der Waals surface area (Å²) in [6, 6.07) is 29.4. The highest BCUT2D eigenvalue weighted by Crippen LogP contribution is 2.30. The summed E-state index contributed by atoms with van der Waals surface area (Å²) in [4.78, 5) is 14.2. The van der Waals surface area contributed by atoms with Gasteiger partial charge in [-0.05, 0) is 48.4 Å². The molecule has 0 aliphatic carbocycles. The van der Waals surface area contributed by atoms with Gasteiger partial charge in [0.1, 0.15) is 15.5 Å². The number of aromatic nitrogens is 2. The fourth-order valence-electron chi connectivity index (χ4n) is 6.92. The average molecular weight is 912 g/mol. The van der Waals surface area contributed by atoms with Gasteiger partial charge >= 0.3 is 0 Å². The second-order valence-corrected chi connectivity index (χ2v) is 20.3. The van der Waals surface area contributed by atoms with Crippen LogP contribution in [0.25, 0.3) is 0 Å². The first-order valence-corrected chi connectivity index (χ1v) is 24.4. The van der Waals surface area contributed by atoms with E-state index in [4.69, 9.17) is 37.9 Å². The van der Waals surface area contributed by atoms with E-state index in [1.807, 2.05) is 36.4 Å². The van der Waals surface area contributed by atoms with Crippen molar-refractivity contribution in [3.8, 4) is 5.75 Å². The number of benzene rings is 4. The van der Waals surface area contributed by atoms with Crippen LogP contribution in [0.4, 0.5) is 10.3 Å². The van der Waals surface area contributed by atoms with Crippen LogP contribution < -0.4 is 14.5 Å². The Hall–Kier alpha value is -4.06. The molecular formula is C42H44Cl2N6O5S4. The minimum Gasteiger partial charge on any atom is -0.496 e. The molecule has 17 heteroatoms. The Bertz CT molecular complexity index is 2590. The van der Waals surface area contributed by atoms with Crippen molar-refractivity contribution in [2.24, 2.45) is 0 Å². The van der Waals surface area contributed by atoms with Crippen LogP contribution in [0.3, 0.4) is 0 Å². The second kappa shape index (κ2) is 19.1. The van der Waals surface area contributed by atoms with E-state index in [-0.39, 0.29) is 19.8 Å². The first-order valence-electron chi connectivity index (χ1n) is 19.0. The molecule has 11 nitrogen and oxygen atoms in total. The van der Waals surface area contributed by atoms with E-state index >= 15 is 0 Å². The second-order valence-electron chi connectivity index (χ2n) is 14.0. The molecule has 0 amide bonds. The summed E-state index contributed by atoms with van der Waals surface area (Å²) >= 11 is 15.4. The lowest BCUT2D eigenvalue weighted by Crippen LogP contribution is -2.48. The highest BCUT2D eigenvalue weighted by Gasteiger charge is 2.32. The van der Waals surface area contributed by atoms with Gasteiger partial charge in [-0.3, -0.25) is 0 Å². The van der Waals surface area contributed by atoms with Gasteiger partial charge in [0.05, 0.1) is 28.5 Å². The summed E-state index contributed by atoms with van der Waals surface area (Å²) in [6.45, 7) is 6.14. The lowest BCUT2D eigenvalue weighted by Gasteiger charge is -2.33. The Labute approximate surface area is 364 Å². The normalized spacial score (nSPS) is 15.5. The topological polar surface area (TPSA) is 116 Å². The van der Waals surface area contributed by atoms with Crippen LogP contribution in [-0.2, 0) is 32.9 Å². The van der Waals surface area contributed by atoms with Crippen LogP contribution in [0, 0.1) is 6.92 Å². The van der Waals surface area contributed by atoms with Crippen LogP contribution >= 0.6 is 45.9 Å². The SMILES string of the molecule is COc1ccccc1Cc1csc(N2CCN(S(=O)(=O)c3ccccc3Cl)CC2)n1.Cc1ccccc1Cc1csc(N2CCN(S(=O)(=O)c3ccccc3Cl)CC2)n1. The summed E-state index contributed by atoms with van der Waals surface area (Å²) in [5, 5.41) is 6.51. The first-order chi connectivity index (χ1) is 28.4. The van der Waals surface area contributed by atoms with E-state index in [1.54, 1.807) is 78.3 Å². The molecule has 2 saturated heterocycles. The van der Waals surface area contributed by atoms with E-state index in [2.05, 4.69) is 39.6 Å². The van der Waals surface area contributed by atoms with Crippen molar-refractivity contribution >= 4 is 76.2 Å². The lowest BCUT2D eigenvalue weighted by molar-refractivity contribution is 0.384. The third-order valence-electron chi connectivity index (χ3n) is 10.2. The van der Waals surface area contributed by atoms with Gasteiger partial charge in [0, 0.05) is 81.5 Å². The number of nitrogens with zero attached hydrogens (tertiary/aromatic N) is 6. The van der Waals surface area contributed by atoms with Crippen molar-refractivity contribution in [2.75, 3.05) is 69.3 Å².